The van der Waals surface area contributed by atoms with Crippen LogP contribution in [0.15, 0.2) is 29.9 Å². The van der Waals surface area contributed by atoms with Gasteiger partial charge in [0, 0.05) is 56.4 Å². The Morgan fingerprint density at radius 3 is 2.36 bits per heavy atom. The van der Waals surface area contributed by atoms with E-state index in [-0.39, 0.29) is 11.8 Å². The van der Waals surface area contributed by atoms with Gasteiger partial charge in [-0.3, -0.25) is 14.6 Å². The Morgan fingerprint density at radius 1 is 1.09 bits per heavy atom. The van der Waals surface area contributed by atoms with E-state index in [4.69, 9.17) is 0 Å². The van der Waals surface area contributed by atoms with Crippen molar-refractivity contribution in [1.29, 1.82) is 0 Å². The van der Waals surface area contributed by atoms with Crippen molar-refractivity contribution < 1.29 is 9.59 Å². The molecule has 114 valence electrons. The standard InChI is InChI=1S/C15H16N4O2S/c1-11(20)18-6-8-19(9-7-18)15(21)13-10-22-14(17-13)12-2-4-16-5-3-12/h2-5,10H,6-9H2,1H3. The molecular formula is C15H16N4O2S. The van der Waals surface area contributed by atoms with Gasteiger partial charge in [0.25, 0.3) is 5.91 Å². The quantitative estimate of drug-likeness (QED) is 0.842. The van der Waals surface area contributed by atoms with Crippen molar-refractivity contribution in [2.24, 2.45) is 0 Å². The van der Waals surface area contributed by atoms with Crippen LogP contribution in [0.2, 0.25) is 0 Å². The molecule has 2 aromatic rings. The second-order valence-electron chi connectivity index (χ2n) is 5.07. The van der Waals surface area contributed by atoms with E-state index >= 15 is 0 Å². The van der Waals surface area contributed by atoms with Crippen molar-refractivity contribution >= 4 is 23.2 Å². The average Bonchev–Trinajstić information content (AvgIpc) is 3.05. The summed E-state index contributed by atoms with van der Waals surface area (Å²) in [4.78, 5) is 35.7. The van der Waals surface area contributed by atoms with Crippen molar-refractivity contribution in [1.82, 2.24) is 19.8 Å². The van der Waals surface area contributed by atoms with Crippen molar-refractivity contribution in [2.45, 2.75) is 6.92 Å². The molecule has 22 heavy (non-hydrogen) atoms. The molecular weight excluding hydrogens is 300 g/mol. The Morgan fingerprint density at radius 2 is 1.73 bits per heavy atom. The smallest absolute Gasteiger partial charge is 0.273 e. The Kier molecular flexibility index (Phi) is 4.15. The molecule has 0 N–H and O–H groups in total. The van der Waals surface area contributed by atoms with Gasteiger partial charge in [0.2, 0.25) is 5.91 Å². The van der Waals surface area contributed by atoms with E-state index in [1.165, 1.54) is 11.3 Å². The summed E-state index contributed by atoms with van der Waals surface area (Å²) in [5.74, 6) is -0.0134. The number of hydrogen-bond acceptors (Lipinski definition) is 5. The number of rotatable bonds is 2. The van der Waals surface area contributed by atoms with Gasteiger partial charge in [-0.2, -0.15) is 0 Å². The van der Waals surface area contributed by atoms with Gasteiger partial charge in [0.1, 0.15) is 10.7 Å². The van der Waals surface area contributed by atoms with Gasteiger partial charge >= 0.3 is 0 Å². The maximum absolute atomic E-state index is 12.5. The van der Waals surface area contributed by atoms with E-state index < -0.39 is 0 Å². The third kappa shape index (κ3) is 2.99. The topological polar surface area (TPSA) is 66.4 Å². The van der Waals surface area contributed by atoms with E-state index in [0.29, 0.717) is 31.9 Å². The summed E-state index contributed by atoms with van der Waals surface area (Å²) in [7, 11) is 0. The molecule has 0 saturated carbocycles. The maximum atomic E-state index is 12.5. The first-order valence-corrected chi connectivity index (χ1v) is 7.94. The molecule has 3 heterocycles. The zero-order valence-electron chi connectivity index (χ0n) is 12.2. The molecule has 1 aliphatic heterocycles. The van der Waals surface area contributed by atoms with Crippen LogP contribution in [0.3, 0.4) is 0 Å². The minimum Gasteiger partial charge on any atom is -0.339 e. The molecule has 0 atom stereocenters. The second kappa shape index (κ2) is 6.23. The highest BCUT2D eigenvalue weighted by Crippen LogP contribution is 2.23. The number of carbonyl (C=O) groups excluding carboxylic acids is 2. The van der Waals surface area contributed by atoms with Crippen LogP contribution in [0.1, 0.15) is 17.4 Å². The summed E-state index contributed by atoms with van der Waals surface area (Å²) in [5, 5.41) is 2.60. The SMILES string of the molecule is CC(=O)N1CCN(C(=O)c2csc(-c3ccncc3)n2)CC1. The Bertz CT molecular complexity index is 678. The first kappa shape index (κ1) is 14.6. The van der Waals surface area contributed by atoms with Gasteiger partial charge in [-0.1, -0.05) is 0 Å². The highest BCUT2D eigenvalue weighted by atomic mass is 32.1. The summed E-state index contributed by atoms with van der Waals surface area (Å²) >= 11 is 1.45. The Balaban J connectivity index is 1.69. The van der Waals surface area contributed by atoms with Crippen molar-refractivity contribution in [3.8, 4) is 10.6 Å². The van der Waals surface area contributed by atoms with E-state index in [9.17, 15) is 9.59 Å². The predicted octanol–water partition coefficient (Wildman–Crippen LogP) is 1.51. The molecule has 1 fully saturated rings. The van der Waals surface area contributed by atoms with Crippen LogP contribution >= 0.6 is 11.3 Å². The zero-order valence-corrected chi connectivity index (χ0v) is 13.0. The lowest BCUT2D eigenvalue weighted by Crippen LogP contribution is -2.50. The molecule has 0 bridgehead atoms. The van der Waals surface area contributed by atoms with Gasteiger partial charge in [0.05, 0.1) is 0 Å². The first-order valence-electron chi connectivity index (χ1n) is 7.06. The molecule has 6 nitrogen and oxygen atoms in total. The van der Waals surface area contributed by atoms with Gasteiger partial charge in [0.15, 0.2) is 0 Å². The number of pyridine rings is 1. The fourth-order valence-corrected chi connectivity index (χ4v) is 3.19. The van der Waals surface area contributed by atoms with Crippen molar-refractivity contribution in [3.63, 3.8) is 0 Å². The van der Waals surface area contributed by atoms with E-state index in [1.807, 2.05) is 12.1 Å². The third-order valence-corrected chi connectivity index (χ3v) is 4.55. The molecule has 7 heteroatoms. The lowest BCUT2D eigenvalue weighted by molar-refractivity contribution is -0.130. The minimum atomic E-state index is -0.0697. The van der Waals surface area contributed by atoms with Gasteiger partial charge < -0.3 is 9.80 Å². The number of amides is 2. The molecule has 0 unspecified atom stereocenters. The van der Waals surface area contributed by atoms with Crippen LogP contribution in [0.4, 0.5) is 0 Å². The number of piperazine rings is 1. The summed E-state index contributed by atoms with van der Waals surface area (Å²) in [6.45, 7) is 3.84. The van der Waals surface area contributed by atoms with Crippen LogP contribution in [-0.2, 0) is 4.79 Å². The normalized spacial score (nSPS) is 15.0. The Labute approximate surface area is 132 Å². The van der Waals surface area contributed by atoms with Crippen LogP contribution in [0.5, 0.6) is 0 Å². The van der Waals surface area contributed by atoms with Crippen LogP contribution < -0.4 is 0 Å². The molecule has 2 aromatic heterocycles. The Hall–Kier alpha value is -2.28. The van der Waals surface area contributed by atoms with Gasteiger partial charge in [-0.25, -0.2) is 4.98 Å². The summed E-state index contributed by atoms with van der Waals surface area (Å²) in [6, 6.07) is 3.75. The zero-order chi connectivity index (χ0) is 15.5. The molecule has 0 aliphatic carbocycles. The summed E-state index contributed by atoms with van der Waals surface area (Å²) in [6.07, 6.45) is 3.42. The van der Waals surface area contributed by atoms with Gasteiger partial charge in [-0.05, 0) is 12.1 Å². The van der Waals surface area contributed by atoms with E-state index in [2.05, 4.69) is 9.97 Å². The number of aromatic nitrogens is 2. The highest BCUT2D eigenvalue weighted by molar-refractivity contribution is 7.13. The molecule has 1 saturated heterocycles. The lowest BCUT2D eigenvalue weighted by atomic mass is 10.2. The van der Waals surface area contributed by atoms with Crippen LogP contribution in [0.25, 0.3) is 10.6 Å². The molecule has 2 amide bonds. The second-order valence-corrected chi connectivity index (χ2v) is 5.93. The van der Waals surface area contributed by atoms with E-state index in [1.54, 1.807) is 34.5 Å². The molecule has 0 aromatic carbocycles. The number of nitrogens with zero attached hydrogens (tertiary/aromatic N) is 4. The highest BCUT2D eigenvalue weighted by Gasteiger charge is 2.24. The predicted molar refractivity (Wildman–Crippen MR) is 83.5 cm³/mol. The molecule has 0 spiro atoms. The fraction of sp³-hybridized carbons (Fsp3) is 0.333. The molecule has 1 aliphatic rings. The van der Waals surface area contributed by atoms with Crippen LogP contribution in [-0.4, -0.2) is 57.8 Å². The molecule has 3 rings (SSSR count). The van der Waals surface area contributed by atoms with Crippen LogP contribution in [0, 0.1) is 0 Å². The van der Waals surface area contributed by atoms with Gasteiger partial charge in [-0.15, -0.1) is 11.3 Å². The van der Waals surface area contributed by atoms with Crippen molar-refractivity contribution in [2.75, 3.05) is 26.2 Å². The molecule has 0 radical (unpaired) electrons. The number of hydrogen-bond donors (Lipinski definition) is 0. The van der Waals surface area contributed by atoms with E-state index in [0.717, 1.165) is 10.6 Å². The lowest BCUT2D eigenvalue weighted by Gasteiger charge is -2.33. The fourth-order valence-electron chi connectivity index (χ4n) is 2.39. The third-order valence-electron chi connectivity index (χ3n) is 3.66. The first-order chi connectivity index (χ1) is 10.6. The minimum absolute atomic E-state index is 0.0562. The number of thiazole rings is 1. The summed E-state index contributed by atoms with van der Waals surface area (Å²) < 4.78 is 0. The monoisotopic (exact) mass is 316 g/mol. The number of carbonyl (C=O) groups is 2. The average molecular weight is 316 g/mol. The largest absolute Gasteiger partial charge is 0.339 e. The summed E-state index contributed by atoms with van der Waals surface area (Å²) in [5.41, 5.74) is 1.42. The van der Waals surface area contributed by atoms with Crippen molar-refractivity contribution in [3.05, 3.63) is 35.6 Å². The maximum Gasteiger partial charge on any atom is 0.273 e.